The first-order chi connectivity index (χ1) is 8.40. The van der Waals surface area contributed by atoms with Crippen LogP contribution in [0.3, 0.4) is 0 Å². The van der Waals surface area contributed by atoms with Crippen molar-refractivity contribution in [2.75, 3.05) is 35.0 Å². The number of rotatable bonds is 10. The van der Waals surface area contributed by atoms with Gasteiger partial charge in [0.25, 0.3) is 0 Å². The number of hydrogen-bond donors (Lipinski definition) is 1. The van der Waals surface area contributed by atoms with Crippen LogP contribution in [-0.2, 0) is 13.3 Å². The fraction of sp³-hybridized carbons (Fsp3) is 1.00. The fourth-order valence-corrected chi connectivity index (χ4v) is 4.71. The van der Waals surface area contributed by atoms with Gasteiger partial charge in [-0.1, -0.05) is 20.3 Å². The van der Waals surface area contributed by atoms with Crippen molar-refractivity contribution < 1.29 is 13.3 Å². The van der Waals surface area contributed by atoms with Gasteiger partial charge in [0.2, 0.25) is 0 Å². The summed E-state index contributed by atoms with van der Waals surface area (Å²) >= 11 is 4.65. The maximum Gasteiger partial charge on any atom is 0.501 e. The van der Waals surface area contributed by atoms with Crippen molar-refractivity contribution in [2.45, 2.75) is 38.0 Å². The van der Waals surface area contributed by atoms with Crippen LogP contribution in [0.25, 0.3) is 0 Å². The topological polar surface area (TPSA) is 30.9 Å². The number of nitrogens with zero attached hydrogens (tertiary/aromatic N) is 1. The summed E-state index contributed by atoms with van der Waals surface area (Å²) in [5.74, 6) is 0.419. The summed E-state index contributed by atoms with van der Waals surface area (Å²) in [6.07, 6.45) is 2.25. The van der Waals surface area contributed by atoms with Crippen molar-refractivity contribution in [3.63, 3.8) is 0 Å². The molecule has 2 atom stereocenters. The Balaban J connectivity index is 4.48. The van der Waals surface area contributed by atoms with Gasteiger partial charge >= 0.3 is 8.80 Å². The van der Waals surface area contributed by atoms with Gasteiger partial charge in [-0.05, 0) is 26.4 Å². The van der Waals surface area contributed by atoms with Crippen LogP contribution in [-0.4, -0.2) is 54.0 Å². The molecule has 0 aromatic rings. The predicted octanol–water partition coefficient (Wildman–Crippen LogP) is 2.49. The lowest BCUT2D eigenvalue weighted by atomic mass is 10.1. The van der Waals surface area contributed by atoms with Gasteiger partial charge in [0.05, 0.1) is 6.73 Å². The second-order valence-electron chi connectivity index (χ2n) is 4.98. The van der Waals surface area contributed by atoms with Crippen LogP contribution in [0, 0.1) is 5.92 Å². The molecule has 0 rings (SSSR count). The van der Waals surface area contributed by atoms with Crippen molar-refractivity contribution in [1.82, 2.24) is 4.90 Å². The van der Waals surface area contributed by atoms with Gasteiger partial charge in [0, 0.05) is 25.5 Å². The largest absolute Gasteiger partial charge is 0.501 e. The second kappa shape index (κ2) is 9.33. The molecule has 0 N–H and O–H groups in total. The summed E-state index contributed by atoms with van der Waals surface area (Å²) < 4.78 is 17.0. The van der Waals surface area contributed by atoms with Gasteiger partial charge in [-0.3, -0.25) is 4.90 Å². The van der Waals surface area contributed by atoms with Gasteiger partial charge < -0.3 is 13.3 Å². The standard InChI is InChI=1S/C12H29NO3SSi/c1-7-8-12(17)11(2)9-18(14-5,15-6)16-10-13(3)4/h11-12,17H,7-10H2,1-6H3. The summed E-state index contributed by atoms with van der Waals surface area (Å²) in [5, 5.41) is 0.370. The third kappa shape index (κ3) is 6.54. The molecule has 0 aromatic carbocycles. The Bertz CT molecular complexity index is 215. The molecule has 0 bridgehead atoms. The maximum absolute atomic E-state index is 5.87. The SMILES string of the molecule is CCCC(S)C(C)C[Si](OC)(OC)OCN(C)C. The van der Waals surface area contributed by atoms with E-state index in [1.165, 1.54) is 0 Å². The molecule has 0 saturated carbocycles. The van der Waals surface area contributed by atoms with Crippen LogP contribution in [0.15, 0.2) is 0 Å². The molecule has 4 nitrogen and oxygen atoms in total. The Kier molecular flexibility index (Phi) is 9.54. The molecular weight excluding hydrogens is 266 g/mol. The van der Waals surface area contributed by atoms with Crippen LogP contribution < -0.4 is 0 Å². The van der Waals surface area contributed by atoms with E-state index in [1.54, 1.807) is 14.2 Å². The average molecular weight is 296 g/mol. The van der Waals surface area contributed by atoms with E-state index in [9.17, 15) is 0 Å². The summed E-state index contributed by atoms with van der Waals surface area (Å²) in [6, 6.07) is 0.808. The van der Waals surface area contributed by atoms with Crippen LogP contribution in [0.1, 0.15) is 26.7 Å². The zero-order valence-electron chi connectivity index (χ0n) is 12.6. The molecule has 0 radical (unpaired) electrons. The Morgan fingerprint density at radius 3 is 2.17 bits per heavy atom. The van der Waals surface area contributed by atoms with Gasteiger partial charge in [0.15, 0.2) is 0 Å². The molecule has 0 aliphatic carbocycles. The number of hydrogen-bond acceptors (Lipinski definition) is 5. The molecule has 0 aliphatic rings. The highest BCUT2D eigenvalue weighted by Crippen LogP contribution is 2.27. The van der Waals surface area contributed by atoms with E-state index >= 15 is 0 Å². The lowest BCUT2D eigenvalue weighted by molar-refractivity contribution is 0.0533. The van der Waals surface area contributed by atoms with E-state index in [2.05, 4.69) is 26.5 Å². The van der Waals surface area contributed by atoms with E-state index in [0.29, 0.717) is 17.9 Å². The van der Waals surface area contributed by atoms with E-state index in [4.69, 9.17) is 13.3 Å². The summed E-state index contributed by atoms with van der Waals surface area (Å²) in [5.41, 5.74) is 0. The zero-order valence-corrected chi connectivity index (χ0v) is 14.5. The molecule has 0 amide bonds. The first-order valence-electron chi connectivity index (χ1n) is 6.47. The van der Waals surface area contributed by atoms with Crippen molar-refractivity contribution in [3.05, 3.63) is 0 Å². The van der Waals surface area contributed by atoms with E-state index in [1.807, 2.05) is 19.0 Å². The lowest BCUT2D eigenvalue weighted by Crippen LogP contribution is -2.47. The summed E-state index contributed by atoms with van der Waals surface area (Å²) in [6.45, 7) is 4.88. The Morgan fingerprint density at radius 2 is 1.78 bits per heavy atom. The quantitative estimate of drug-likeness (QED) is 0.381. The second-order valence-corrected chi connectivity index (χ2v) is 8.52. The first-order valence-corrected chi connectivity index (χ1v) is 8.92. The Morgan fingerprint density at radius 1 is 1.22 bits per heavy atom. The minimum Gasteiger partial charge on any atom is -0.377 e. The predicted molar refractivity (Wildman–Crippen MR) is 81.1 cm³/mol. The molecular formula is C12H29NO3SSi. The van der Waals surface area contributed by atoms with Crippen LogP contribution >= 0.6 is 12.6 Å². The van der Waals surface area contributed by atoms with Crippen LogP contribution in [0.2, 0.25) is 6.04 Å². The van der Waals surface area contributed by atoms with Crippen LogP contribution in [0.4, 0.5) is 0 Å². The smallest absolute Gasteiger partial charge is 0.377 e. The van der Waals surface area contributed by atoms with Gasteiger partial charge in [0.1, 0.15) is 0 Å². The molecule has 0 aliphatic heterocycles. The molecule has 0 aromatic heterocycles. The zero-order chi connectivity index (χ0) is 14.2. The van der Waals surface area contributed by atoms with Crippen molar-refractivity contribution in [1.29, 1.82) is 0 Å². The molecule has 0 saturated heterocycles. The minimum absolute atomic E-state index is 0.370. The minimum atomic E-state index is -2.55. The molecule has 0 fully saturated rings. The average Bonchev–Trinajstić information content (AvgIpc) is 2.34. The first kappa shape index (κ1) is 18.4. The van der Waals surface area contributed by atoms with Crippen LogP contribution in [0.5, 0.6) is 0 Å². The Labute approximate surface area is 119 Å². The maximum atomic E-state index is 5.87. The van der Waals surface area contributed by atoms with Crippen molar-refractivity contribution in [2.24, 2.45) is 5.92 Å². The highest BCUT2D eigenvalue weighted by Gasteiger charge is 2.41. The molecule has 0 spiro atoms. The van der Waals surface area contributed by atoms with Crippen molar-refractivity contribution in [3.8, 4) is 0 Å². The van der Waals surface area contributed by atoms with E-state index < -0.39 is 8.80 Å². The molecule has 18 heavy (non-hydrogen) atoms. The van der Waals surface area contributed by atoms with Gasteiger partial charge in [-0.25, -0.2) is 0 Å². The normalized spacial score (nSPS) is 16.0. The summed E-state index contributed by atoms with van der Waals surface area (Å²) in [4.78, 5) is 1.97. The van der Waals surface area contributed by atoms with Crippen molar-refractivity contribution >= 4 is 21.4 Å². The van der Waals surface area contributed by atoms with Gasteiger partial charge in [-0.2, -0.15) is 12.6 Å². The van der Waals surface area contributed by atoms with E-state index in [-0.39, 0.29) is 0 Å². The lowest BCUT2D eigenvalue weighted by Gasteiger charge is -2.31. The highest BCUT2D eigenvalue weighted by atomic mass is 32.1. The molecule has 2 unspecified atom stereocenters. The third-order valence-electron chi connectivity index (χ3n) is 2.98. The molecule has 6 heteroatoms. The molecule has 110 valence electrons. The number of thiol groups is 1. The summed E-state index contributed by atoms with van der Waals surface area (Å²) in [7, 11) is 4.72. The highest BCUT2D eigenvalue weighted by molar-refractivity contribution is 7.81. The Hall–Kier alpha value is 0.407. The van der Waals surface area contributed by atoms with E-state index in [0.717, 1.165) is 18.9 Å². The fourth-order valence-electron chi connectivity index (χ4n) is 1.76. The van der Waals surface area contributed by atoms with Gasteiger partial charge in [-0.15, -0.1) is 0 Å². The third-order valence-corrected chi connectivity index (χ3v) is 6.70. The molecule has 0 heterocycles. The monoisotopic (exact) mass is 295 g/mol.